The third-order valence-corrected chi connectivity index (χ3v) is 12.9. The summed E-state index contributed by atoms with van der Waals surface area (Å²) in [6, 6.07) is 15.2. The quantitative estimate of drug-likeness (QED) is 0.133. The first-order valence-corrected chi connectivity index (χ1v) is 15.1. The molecule has 33 heavy (non-hydrogen) atoms. The fourth-order valence-corrected chi connectivity index (χ4v) is 10.5. The molecule has 1 aliphatic heterocycles. The Labute approximate surface area is 192 Å². The Morgan fingerprint density at radius 1 is 1.00 bits per heavy atom. The van der Waals surface area contributed by atoms with Gasteiger partial charge in [0.05, 0.1) is 8.07 Å². The minimum Gasteiger partial charge on any atom is -0.370 e. The number of alkyl halides is 3. The molecule has 3 rings (SSSR count). The molecule has 0 bridgehead atoms. The van der Waals surface area contributed by atoms with E-state index in [9.17, 15) is 30.4 Å². The van der Waals surface area contributed by atoms with Crippen molar-refractivity contribution in [2.45, 2.75) is 68.6 Å². The van der Waals surface area contributed by atoms with Crippen molar-refractivity contribution >= 4 is 23.4 Å². The summed E-state index contributed by atoms with van der Waals surface area (Å²) in [5, 5.41) is 1.39. The summed E-state index contributed by atoms with van der Waals surface area (Å²) >= 11 is 0. The van der Waals surface area contributed by atoms with Crippen molar-refractivity contribution in [3.05, 3.63) is 59.7 Å². The third kappa shape index (κ3) is 5.77. The molecule has 0 saturated carbocycles. The lowest BCUT2D eigenvalue weighted by Crippen LogP contribution is -2.49. The summed E-state index contributed by atoms with van der Waals surface area (Å²) in [6.07, 6.45) is 4.86. The van der Waals surface area contributed by atoms with Crippen LogP contribution < -0.4 is 9.37 Å². The van der Waals surface area contributed by atoms with Gasteiger partial charge in [0.2, 0.25) is 5.75 Å². The molecule has 0 radical (unpaired) electrons. The molecule has 1 fully saturated rings. The lowest BCUT2D eigenvalue weighted by atomic mass is 9.93. The summed E-state index contributed by atoms with van der Waals surface area (Å²) in [4.78, 5) is 0. The highest BCUT2D eigenvalue weighted by Crippen LogP contribution is 2.42. The minimum atomic E-state index is -6.17. The second-order valence-electron chi connectivity index (χ2n) is 8.67. The molecular weight excluding hydrogens is 479 g/mol. The molecule has 1 saturated heterocycles. The van der Waals surface area contributed by atoms with E-state index in [1.165, 1.54) is 5.19 Å². The van der Waals surface area contributed by atoms with Crippen molar-refractivity contribution in [3.63, 3.8) is 0 Å². The molecule has 0 atom stereocenters. The van der Waals surface area contributed by atoms with Crippen LogP contribution in [0.4, 0.5) is 22.0 Å². The van der Waals surface area contributed by atoms with Crippen LogP contribution in [-0.2, 0) is 10.1 Å². The van der Waals surface area contributed by atoms with Crippen LogP contribution in [0.1, 0.15) is 50.5 Å². The zero-order valence-electron chi connectivity index (χ0n) is 18.3. The van der Waals surface area contributed by atoms with E-state index in [-0.39, 0.29) is 5.92 Å². The molecule has 182 valence electrons. The molecule has 0 N–H and O–H groups in total. The van der Waals surface area contributed by atoms with E-state index in [4.69, 9.17) is 0 Å². The fourth-order valence-electron chi connectivity index (χ4n) is 4.74. The van der Waals surface area contributed by atoms with Gasteiger partial charge in [0.15, 0.2) is 11.6 Å². The zero-order chi connectivity index (χ0) is 24.3. The molecule has 3 nitrogen and oxygen atoms in total. The van der Waals surface area contributed by atoms with E-state index < -0.39 is 41.1 Å². The third-order valence-electron chi connectivity index (χ3n) is 6.56. The van der Waals surface area contributed by atoms with Crippen molar-refractivity contribution in [1.29, 1.82) is 0 Å². The highest BCUT2D eigenvalue weighted by Gasteiger charge is 2.49. The molecule has 10 heteroatoms. The summed E-state index contributed by atoms with van der Waals surface area (Å²) in [7, 11) is -7.94. The van der Waals surface area contributed by atoms with Crippen molar-refractivity contribution in [1.82, 2.24) is 0 Å². The molecule has 2 aromatic rings. The Morgan fingerprint density at radius 2 is 1.58 bits per heavy atom. The summed E-state index contributed by atoms with van der Waals surface area (Å²) in [5.74, 6) is -4.63. The van der Waals surface area contributed by atoms with Gasteiger partial charge in [-0.25, -0.2) is 8.78 Å². The van der Waals surface area contributed by atoms with Gasteiger partial charge in [-0.15, -0.1) is 0 Å². The first-order valence-electron chi connectivity index (χ1n) is 11.0. The van der Waals surface area contributed by atoms with E-state index in [0.29, 0.717) is 18.4 Å². The molecule has 1 heterocycles. The van der Waals surface area contributed by atoms with E-state index in [2.05, 4.69) is 23.2 Å². The van der Waals surface area contributed by atoms with Crippen LogP contribution in [0.2, 0.25) is 18.1 Å². The number of halogens is 5. The second-order valence-corrected chi connectivity index (χ2v) is 14.9. The van der Waals surface area contributed by atoms with Crippen LogP contribution in [0.5, 0.6) is 5.75 Å². The van der Waals surface area contributed by atoms with Crippen LogP contribution in [-0.4, -0.2) is 22.0 Å². The number of hydrogen-bond acceptors (Lipinski definition) is 3. The summed E-state index contributed by atoms with van der Waals surface area (Å²) in [6.45, 7) is 2.16. The molecule has 2 aromatic carbocycles. The molecule has 0 amide bonds. The van der Waals surface area contributed by atoms with Gasteiger partial charge in [0.25, 0.3) is 0 Å². The van der Waals surface area contributed by atoms with Crippen LogP contribution in [0.3, 0.4) is 0 Å². The normalized spacial score (nSPS) is 21.7. The van der Waals surface area contributed by atoms with Crippen LogP contribution in [0.25, 0.3) is 0 Å². The maximum atomic E-state index is 14.4. The molecule has 1 aliphatic rings. The lowest BCUT2D eigenvalue weighted by molar-refractivity contribution is -0.0501. The van der Waals surface area contributed by atoms with Crippen molar-refractivity contribution in [2.75, 3.05) is 0 Å². The Balaban J connectivity index is 1.79. The van der Waals surface area contributed by atoms with E-state index in [0.717, 1.165) is 49.5 Å². The minimum absolute atomic E-state index is 0.155. The number of benzene rings is 2. The van der Waals surface area contributed by atoms with Crippen LogP contribution in [0.15, 0.2) is 42.5 Å². The molecule has 0 aliphatic carbocycles. The van der Waals surface area contributed by atoms with Gasteiger partial charge in [-0.2, -0.15) is 21.6 Å². The molecule has 0 spiro atoms. The van der Waals surface area contributed by atoms with Gasteiger partial charge < -0.3 is 4.18 Å². The maximum Gasteiger partial charge on any atom is 0.534 e. The number of unbranched alkanes of at least 4 members (excludes halogenated alkanes) is 2. The standard InChI is InChI=1S/C23H27F5O3SSi/c1-2-3-7-12-33(19-8-5-4-6-9-19)13-10-17(11-14-33)18-15-20(24)22(21(25)16-18)31-32(29,30)23(26,27)28/h4-6,8-9,15-17H,2-3,7,10-14H2,1H3. The molecular formula is C23H27F5O3SSi. The Morgan fingerprint density at radius 3 is 2.09 bits per heavy atom. The first-order chi connectivity index (χ1) is 15.5. The van der Waals surface area contributed by atoms with Crippen LogP contribution in [0, 0.1) is 11.6 Å². The zero-order valence-corrected chi connectivity index (χ0v) is 20.1. The SMILES string of the molecule is CCCCC[Si]1(c2ccccc2)CCC(c2cc(F)c(OS(=O)(=O)C(F)(F)F)c(F)c2)CC1. The predicted octanol–water partition coefficient (Wildman–Crippen LogP) is 6.62. The van der Waals surface area contributed by atoms with E-state index in [1.807, 2.05) is 18.2 Å². The summed E-state index contributed by atoms with van der Waals surface area (Å²) < 4.78 is 92.4. The number of rotatable bonds is 8. The maximum absolute atomic E-state index is 14.4. The average Bonchev–Trinajstić information content (AvgIpc) is 2.76. The van der Waals surface area contributed by atoms with Crippen molar-refractivity contribution in [3.8, 4) is 5.75 Å². The Bertz CT molecular complexity index is 1030. The molecule has 0 aromatic heterocycles. The highest BCUT2D eigenvalue weighted by molar-refractivity contribution is 7.88. The second kappa shape index (κ2) is 10.1. The smallest absolute Gasteiger partial charge is 0.370 e. The topological polar surface area (TPSA) is 43.4 Å². The summed E-state index contributed by atoms with van der Waals surface area (Å²) in [5.41, 5.74) is -5.47. The first kappa shape index (κ1) is 25.7. The van der Waals surface area contributed by atoms with Crippen molar-refractivity contribution < 1.29 is 34.6 Å². The fraction of sp³-hybridized carbons (Fsp3) is 0.478. The van der Waals surface area contributed by atoms with Gasteiger partial charge in [0, 0.05) is 0 Å². The van der Waals surface area contributed by atoms with Gasteiger partial charge >= 0.3 is 15.6 Å². The lowest BCUT2D eigenvalue weighted by Gasteiger charge is -2.39. The predicted molar refractivity (Wildman–Crippen MR) is 120 cm³/mol. The van der Waals surface area contributed by atoms with Crippen molar-refractivity contribution in [2.24, 2.45) is 0 Å². The highest BCUT2D eigenvalue weighted by atomic mass is 32.2. The number of hydrogen-bond donors (Lipinski definition) is 0. The largest absolute Gasteiger partial charge is 0.534 e. The van der Waals surface area contributed by atoms with Gasteiger partial charge in [-0.05, 0) is 36.5 Å². The van der Waals surface area contributed by atoms with Crippen LogP contribution >= 0.6 is 0 Å². The van der Waals surface area contributed by atoms with E-state index in [1.54, 1.807) is 0 Å². The van der Waals surface area contributed by atoms with Gasteiger partial charge in [-0.1, -0.05) is 79.8 Å². The Hall–Kier alpha value is -1.94. The van der Waals surface area contributed by atoms with Gasteiger partial charge in [0.1, 0.15) is 0 Å². The monoisotopic (exact) mass is 506 g/mol. The Kier molecular flexibility index (Phi) is 7.88. The van der Waals surface area contributed by atoms with E-state index >= 15 is 0 Å². The molecule has 0 unspecified atom stereocenters. The van der Waals surface area contributed by atoms with Gasteiger partial charge in [-0.3, -0.25) is 0 Å². The average molecular weight is 507 g/mol.